The fraction of sp³-hybridized carbons (Fsp3) is 1.00. The van der Waals surface area contributed by atoms with E-state index in [-0.39, 0.29) is 6.54 Å². The van der Waals surface area contributed by atoms with E-state index in [1.165, 1.54) is 0 Å². The van der Waals surface area contributed by atoms with E-state index in [4.69, 9.17) is 10.2 Å². The summed E-state index contributed by atoms with van der Waals surface area (Å²) in [6.07, 6.45) is -0.186. The van der Waals surface area contributed by atoms with Gasteiger partial charge in [0.1, 0.15) is 0 Å². The number of hydrogen-bond donors (Lipinski definition) is 3. The Labute approximate surface area is 49.3 Å². The Hall–Kier alpha value is -0.120. The van der Waals surface area contributed by atoms with Gasteiger partial charge in [0, 0.05) is 6.54 Å². The molecule has 0 amide bonds. The van der Waals surface area contributed by atoms with Gasteiger partial charge in [-0.25, -0.2) is 0 Å². The van der Waals surface area contributed by atoms with E-state index in [9.17, 15) is 0 Å². The molecular weight excluding hydrogens is 106 g/mol. The molecule has 0 aromatic carbocycles. The van der Waals surface area contributed by atoms with Crippen LogP contribution in [0.4, 0.5) is 0 Å². The van der Waals surface area contributed by atoms with E-state index < -0.39 is 6.29 Å². The van der Waals surface area contributed by atoms with E-state index in [2.05, 4.69) is 5.32 Å². The third-order valence-electron chi connectivity index (χ3n) is 0.754. The van der Waals surface area contributed by atoms with Gasteiger partial charge in [0.05, 0.1) is 0 Å². The van der Waals surface area contributed by atoms with Crippen molar-refractivity contribution < 1.29 is 10.2 Å². The maximum atomic E-state index is 8.27. The lowest BCUT2D eigenvalue weighted by atomic mass is 10.5. The average Bonchev–Trinajstić information content (AvgIpc) is 1.66. The van der Waals surface area contributed by atoms with Crippen LogP contribution < -0.4 is 5.32 Å². The second-order valence-electron chi connectivity index (χ2n) is 1.68. The van der Waals surface area contributed by atoms with Gasteiger partial charge in [0.15, 0.2) is 6.29 Å². The van der Waals surface area contributed by atoms with Crippen molar-refractivity contribution in [3.8, 4) is 0 Å². The third-order valence-corrected chi connectivity index (χ3v) is 0.754. The molecule has 0 spiro atoms. The van der Waals surface area contributed by atoms with Crippen LogP contribution in [0.5, 0.6) is 0 Å². The first-order chi connectivity index (χ1) is 3.77. The molecule has 0 saturated heterocycles. The summed E-state index contributed by atoms with van der Waals surface area (Å²) in [5.41, 5.74) is 0. The lowest BCUT2D eigenvalue weighted by Crippen LogP contribution is -2.26. The Morgan fingerprint density at radius 1 is 1.50 bits per heavy atom. The van der Waals surface area contributed by atoms with Crippen LogP contribution in [0.15, 0.2) is 0 Å². The SMILES string of the molecule is CCCNCC(O)O. The standard InChI is InChI=1S/C5H13NO2/c1-2-3-6-4-5(7)8/h5-8H,2-4H2,1H3. The second-order valence-corrected chi connectivity index (χ2v) is 1.68. The predicted octanol–water partition coefficient (Wildman–Crippen LogP) is -0.703. The van der Waals surface area contributed by atoms with Crippen molar-refractivity contribution in [3.63, 3.8) is 0 Å². The van der Waals surface area contributed by atoms with E-state index in [1.54, 1.807) is 0 Å². The molecule has 0 atom stereocenters. The Bertz CT molecular complexity index is 47.7. The van der Waals surface area contributed by atoms with Gasteiger partial charge in [-0.2, -0.15) is 0 Å². The Kier molecular flexibility index (Phi) is 4.95. The fourth-order valence-corrected chi connectivity index (χ4v) is 0.408. The van der Waals surface area contributed by atoms with Crippen LogP contribution in [0.2, 0.25) is 0 Å². The van der Waals surface area contributed by atoms with Crippen molar-refractivity contribution in [3.05, 3.63) is 0 Å². The Morgan fingerprint density at radius 3 is 2.50 bits per heavy atom. The second kappa shape index (κ2) is 5.03. The molecule has 3 heteroatoms. The lowest BCUT2D eigenvalue weighted by molar-refractivity contribution is -0.0370. The van der Waals surface area contributed by atoms with Gasteiger partial charge in [-0.15, -0.1) is 0 Å². The Balaban J connectivity index is 2.72. The molecule has 0 fully saturated rings. The van der Waals surface area contributed by atoms with Gasteiger partial charge in [-0.1, -0.05) is 6.92 Å². The van der Waals surface area contributed by atoms with Crippen LogP contribution in [0, 0.1) is 0 Å². The average molecular weight is 119 g/mol. The molecule has 0 heterocycles. The minimum absolute atomic E-state index is 0.272. The molecule has 0 bridgehead atoms. The van der Waals surface area contributed by atoms with Crippen molar-refractivity contribution >= 4 is 0 Å². The first kappa shape index (κ1) is 7.88. The highest BCUT2D eigenvalue weighted by molar-refractivity contribution is 4.44. The van der Waals surface area contributed by atoms with Crippen LogP contribution >= 0.6 is 0 Å². The molecule has 3 N–H and O–H groups in total. The zero-order chi connectivity index (χ0) is 6.41. The minimum atomic E-state index is -1.21. The van der Waals surface area contributed by atoms with E-state index >= 15 is 0 Å². The van der Waals surface area contributed by atoms with Gasteiger partial charge in [0.2, 0.25) is 0 Å². The molecule has 0 aliphatic rings. The summed E-state index contributed by atoms with van der Waals surface area (Å²) in [4.78, 5) is 0. The van der Waals surface area contributed by atoms with E-state index in [0.717, 1.165) is 13.0 Å². The highest BCUT2D eigenvalue weighted by Gasteiger charge is 1.91. The topological polar surface area (TPSA) is 52.5 Å². The molecule has 0 aliphatic heterocycles. The minimum Gasteiger partial charge on any atom is -0.367 e. The molecule has 8 heavy (non-hydrogen) atoms. The first-order valence-electron chi connectivity index (χ1n) is 2.84. The number of nitrogens with one attached hydrogen (secondary N) is 1. The van der Waals surface area contributed by atoms with Gasteiger partial charge >= 0.3 is 0 Å². The van der Waals surface area contributed by atoms with Crippen LogP contribution in [0.1, 0.15) is 13.3 Å². The van der Waals surface area contributed by atoms with Crippen LogP contribution in [-0.4, -0.2) is 29.6 Å². The van der Waals surface area contributed by atoms with Crippen LogP contribution in [0.3, 0.4) is 0 Å². The Morgan fingerprint density at radius 2 is 2.12 bits per heavy atom. The van der Waals surface area contributed by atoms with Gasteiger partial charge in [-0.3, -0.25) is 0 Å². The lowest BCUT2D eigenvalue weighted by Gasteiger charge is -2.02. The van der Waals surface area contributed by atoms with Crippen molar-refractivity contribution in [2.75, 3.05) is 13.1 Å². The van der Waals surface area contributed by atoms with Crippen LogP contribution in [0.25, 0.3) is 0 Å². The largest absolute Gasteiger partial charge is 0.367 e. The fourth-order valence-electron chi connectivity index (χ4n) is 0.408. The van der Waals surface area contributed by atoms with Crippen molar-refractivity contribution in [1.82, 2.24) is 5.32 Å². The van der Waals surface area contributed by atoms with Crippen molar-refractivity contribution in [2.24, 2.45) is 0 Å². The summed E-state index contributed by atoms with van der Waals surface area (Å²) in [5.74, 6) is 0. The normalized spacial score (nSPS) is 10.5. The molecule has 50 valence electrons. The molecule has 0 unspecified atom stereocenters. The number of rotatable bonds is 4. The van der Waals surface area contributed by atoms with E-state index in [1.807, 2.05) is 6.92 Å². The quantitative estimate of drug-likeness (QED) is 0.339. The smallest absolute Gasteiger partial charge is 0.164 e. The summed E-state index contributed by atoms with van der Waals surface area (Å²) in [7, 11) is 0. The molecule has 3 nitrogen and oxygen atoms in total. The monoisotopic (exact) mass is 119 g/mol. The summed E-state index contributed by atoms with van der Waals surface area (Å²) in [5, 5.41) is 19.4. The molecule has 0 rings (SSSR count). The maximum absolute atomic E-state index is 8.27. The maximum Gasteiger partial charge on any atom is 0.164 e. The van der Waals surface area contributed by atoms with Crippen LogP contribution in [-0.2, 0) is 0 Å². The number of aliphatic hydroxyl groups excluding tert-OH is 1. The summed E-state index contributed by atoms with van der Waals surface area (Å²) in [6, 6.07) is 0. The number of aliphatic hydroxyl groups is 2. The predicted molar refractivity (Wildman–Crippen MR) is 31.4 cm³/mol. The van der Waals surface area contributed by atoms with Gasteiger partial charge < -0.3 is 15.5 Å². The van der Waals surface area contributed by atoms with Crippen molar-refractivity contribution in [1.29, 1.82) is 0 Å². The summed E-state index contributed by atoms with van der Waals surface area (Å²) in [6.45, 7) is 3.14. The van der Waals surface area contributed by atoms with Gasteiger partial charge in [-0.05, 0) is 13.0 Å². The van der Waals surface area contributed by atoms with Crippen molar-refractivity contribution in [2.45, 2.75) is 19.6 Å². The molecule has 0 aromatic rings. The van der Waals surface area contributed by atoms with E-state index in [0.29, 0.717) is 0 Å². The summed E-state index contributed by atoms with van der Waals surface area (Å²) < 4.78 is 0. The first-order valence-corrected chi connectivity index (χ1v) is 2.84. The molecule has 0 aromatic heterocycles. The zero-order valence-electron chi connectivity index (χ0n) is 5.09. The van der Waals surface area contributed by atoms with Gasteiger partial charge in [0.25, 0.3) is 0 Å². The highest BCUT2D eigenvalue weighted by atomic mass is 16.5. The molecular formula is C5H13NO2. The molecule has 0 radical (unpaired) electrons. The molecule has 0 aliphatic carbocycles. The summed E-state index contributed by atoms with van der Waals surface area (Å²) >= 11 is 0. The highest BCUT2D eigenvalue weighted by Crippen LogP contribution is 1.71. The molecule has 0 saturated carbocycles. The zero-order valence-corrected chi connectivity index (χ0v) is 5.09. The third kappa shape index (κ3) is 5.88. The number of hydrogen-bond acceptors (Lipinski definition) is 3.